The first-order valence-corrected chi connectivity index (χ1v) is 7.65. The molecule has 1 fully saturated rings. The molecule has 0 radical (unpaired) electrons. The van der Waals surface area contributed by atoms with E-state index in [0.29, 0.717) is 5.56 Å². The van der Waals surface area contributed by atoms with Crippen LogP contribution < -0.4 is 5.32 Å². The quantitative estimate of drug-likeness (QED) is 0.923. The van der Waals surface area contributed by atoms with Crippen molar-refractivity contribution in [1.82, 2.24) is 10.2 Å². The maximum Gasteiger partial charge on any atom is 0.251 e. The topological polar surface area (TPSA) is 32.3 Å². The number of hydrogen-bond acceptors (Lipinski definition) is 2. The van der Waals surface area contributed by atoms with Gasteiger partial charge in [0.2, 0.25) is 0 Å². The molecule has 1 unspecified atom stereocenters. The lowest BCUT2D eigenvalue weighted by Gasteiger charge is -2.21. The minimum absolute atomic E-state index is 0.00685. The Kier molecular flexibility index (Phi) is 4.99. The van der Waals surface area contributed by atoms with E-state index in [-0.39, 0.29) is 11.9 Å². The van der Waals surface area contributed by atoms with Gasteiger partial charge < -0.3 is 10.2 Å². The van der Waals surface area contributed by atoms with Crippen LogP contribution in [0, 0.1) is 6.92 Å². The summed E-state index contributed by atoms with van der Waals surface area (Å²) in [4.78, 5) is 14.6. The normalized spacial score (nSPS) is 17.4. The smallest absolute Gasteiger partial charge is 0.251 e. The van der Waals surface area contributed by atoms with Crippen LogP contribution in [-0.2, 0) is 0 Å². The van der Waals surface area contributed by atoms with E-state index in [2.05, 4.69) is 33.1 Å². The Labute approximate surface area is 123 Å². The Morgan fingerprint density at radius 1 is 1.42 bits per heavy atom. The molecular formula is C15H21BrN2O. The number of carbonyl (C=O) groups is 1. The molecular weight excluding hydrogens is 304 g/mol. The molecule has 2 rings (SSSR count). The number of rotatable bonds is 4. The summed E-state index contributed by atoms with van der Waals surface area (Å²) < 4.78 is 0.979. The summed E-state index contributed by atoms with van der Waals surface area (Å²) >= 11 is 3.46. The Morgan fingerprint density at radius 2 is 2.11 bits per heavy atom. The third-order valence-corrected chi connectivity index (χ3v) is 4.40. The van der Waals surface area contributed by atoms with Crippen molar-refractivity contribution in [2.75, 3.05) is 19.6 Å². The number of nitrogens with one attached hydrogen (secondary N) is 1. The zero-order valence-electron chi connectivity index (χ0n) is 11.6. The molecule has 0 saturated carbocycles. The number of amides is 1. The van der Waals surface area contributed by atoms with Gasteiger partial charge in [-0.15, -0.1) is 0 Å². The number of likely N-dealkylation sites (tertiary alicyclic amines) is 1. The van der Waals surface area contributed by atoms with Gasteiger partial charge in [-0.3, -0.25) is 4.79 Å². The van der Waals surface area contributed by atoms with Gasteiger partial charge in [0.05, 0.1) is 0 Å². The van der Waals surface area contributed by atoms with Crippen LogP contribution in [0.25, 0.3) is 0 Å². The summed E-state index contributed by atoms with van der Waals surface area (Å²) in [6.45, 7) is 7.35. The van der Waals surface area contributed by atoms with Crippen molar-refractivity contribution < 1.29 is 4.79 Å². The summed E-state index contributed by atoms with van der Waals surface area (Å²) in [6.07, 6.45) is 2.57. The number of benzene rings is 1. The summed E-state index contributed by atoms with van der Waals surface area (Å²) in [6, 6.07) is 5.90. The standard InChI is InChI=1S/C15H21BrN2O/c1-11-5-6-13(9-14(11)16)15(19)17-12(2)10-18-7-3-4-8-18/h5-6,9,12H,3-4,7-8,10H2,1-2H3,(H,17,19). The Balaban J connectivity index is 1.90. The van der Waals surface area contributed by atoms with Crippen LogP contribution in [-0.4, -0.2) is 36.5 Å². The monoisotopic (exact) mass is 324 g/mol. The van der Waals surface area contributed by atoms with Crippen LogP contribution in [0.3, 0.4) is 0 Å². The van der Waals surface area contributed by atoms with Gasteiger partial charge in [-0.25, -0.2) is 0 Å². The molecule has 0 aliphatic carbocycles. The van der Waals surface area contributed by atoms with E-state index in [1.807, 2.05) is 25.1 Å². The molecule has 3 nitrogen and oxygen atoms in total. The first-order valence-electron chi connectivity index (χ1n) is 6.85. The molecule has 1 aromatic rings. The van der Waals surface area contributed by atoms with Gasteiger partial charge in [0.1, 0.15) is 0 Å². The molecule has 0 spiro atoms. The SMILES string of the molecule is Cc1ccc(C(=O)NC(C)CN2CCCC2)cc1Br. The van der Waals surface area contributed by atoms with Crippen molar-refractivity contribution in [2.24, 2.45) is 0 Å². The third kappa shape index (κ3) is 4.05. The van der Waals surface area contributed by atoms with E-state index in [0.717, 1.165) is 29.7 Å². The Bertz CT molecular complexity index is 455. The van der Waals surface area contributed by atoms with Crippen LogP contribution >= 0.6 is 15.9 Å². The van der Waals surface area contributed by atoms with Gasteiger partial charge in [-0.1, -0.05) is 22.0 Å². The number of aryl methyl sites for hydroxylation is 1. The highest BCUT2D eigenvalue weighted by atomic mass is 79.9. The van der Waals surface area contributed by atoms with E-state index in [1.165, 1.54) is 12.8 Å². The Morgan fingerprint density at radius 3 is 2.74 bits per heavy atom. The fraction of sp³-hybridized carbons (Fsp3) is 0.533. The maximum atomic E-state index is 12.1. The molecule has 1 N–H and O–H groups in total. The summed E-state index contributed by atoms with van der Waals surface area (Å²) in [5.74, 6) is 0.00685. The van der Waals surface area contributed by atoms with Gasteiger partial charge >= 0.3 is 0 Å². The largest absolute Gasteiger partial charge is 0.348 e. The van der Waals surface area contributed by atoms with Crippen molar-refractivity contribution in [3.05, 3.63) is 33.8 Å². The van der Waals surface area contributed by atoms with Crippen molar-refractivity contribution in [3.8, 4) is 0 Å². The lowest BCUT2D eigenvalue weighted by atomic mass is 10.1. The molecule has 1 aromatic carbocycles. The van der Waals surface area contributed by atoms with E-state index >= 15 is 0 Å². The molecule has 1 atom stereocenters. The van der Waals surface area contributed by atoms with Gasteiger partial charge in [0.15, 0.2) is 0 Å². The molecule has 1 aliphatic heterocycles. The lowest BCUT2D eigenvalue weighted by Crippen LogP contribution is -2.41. The molecule has 0 bridgehead atoms. The fourth-order valence-electron chi connectivity index (χ4n) is 2.44. The summed E-state index contributed by atoms with van der Waals surface area (Å²) in [5, 5.41) is 3.07. The van der Waals surface area contributed by atoms with Crippen molar-refractivity contribution >= 4 is 21.8 Å². The molecule has 0 aromatic heterocycles. The zero-order chi connectivity index (χ0) is 13.8. The highest BCUT2D eigenvalue weighted by Crippen LogP contribution is 2.17. The second-order valence-corrected chi connectivity index (χ2v) is 6.20. The first kappa shape index (κ1) is 14.5. The maximum absolute atomic E-state index is 12.1. The van der Waals surface area contributed by atoms with Gasteiger partial charge in [0.25, 0.3) is 5.91 Å². The van der Waals surface area contributed by atoms with Crippen molar-refractivity contribution in [3.63, 3.8) is 0 Å². The first-order chi connectivity index (χ1) is 9.06. The molecule has 19 heavy (non-hydrogen) atoms. The van der Waals surface area contributed by atoms with Gasteiger partial charge in [-0.05, 0) is 57.5 Å². The number of nitrogens with zero attached hydrogens (tertiary/aromatic N) is 1. The van der Waals surface area contributed by atoms with Crippen LogP contribution in [0.15, 0.2) is 22.7 Å². The van der Waals surface area contributed by atoms with Crippen LogP contribution in [0.1, 0.15) is 35.7 Å². The molecule has 1 amide bonds. The predicted molar refractivity (Wildman–Crippen MR) is 81.5 cm³/mol. The molecule has 1 heterocycles. The van der Waals surface area contributed by atoms with Crippen LogP contribution in [0.4, 0.5) is 0 Å². The second kappa shape index (κ2) is 6.53. The summed E-state index contributed by atoms with van der Waals surface area (Å²) in [7, 11) is 0. The zero-order valence-corrected chi connectivity index (χ0v) is 13.2. The van der Waals surface area contributed by atoms with E-state index in [1.54, 1.807) is 0 Å². The number of hydrogen-bond donors (Lipinski definition) is 1. The van der Waals surface area contributed by atoms with Crippen molar-refractivity contribution in [1.29, 1.82) is 0 Å². The highest BCUT2D eigenvalue weighted by molar-refractivity contribution is 9.10. The lowest BCUT2D eigenvalue weighted by molar-refractivity contribution is 0.0932. The number of carbonyl (C=O) groups excluding carboxylic acids is 1. The second-order valence-electron chi connectivity index (χ2n) is 5.35. The Hall–Kier alpha value is -0.870. The minimum atomic E-state index is 0.00685. The van der Waals surface area contributed by atoms with Crippen LogP contribution in [0.2, 0.25) is 0 Å². The molecule has 1 aliphatic rings. The van der Waals surface area contributed by atoms with Crippen LogP contribution in [0.5, 0.6) is 0 Å². The van der Waals surface area contributed by atoms with E-state index in [9.17, 15) is 4.79 Å². The van der Waals surface area contributed by atoms with E-state index in [4.69, 9.17) is 0 Å². The summed E-state index contributed by atoms with van der Waals surface area (Å²) in [5.41, 5.74) is 1.85. The van der Waals surface area contributed by atoms with Gasteiger partial charge in [-0.2, -0.15) is 0 Å². The molecule has 104 valence electrons. The van der Waals surface area contributed by atoms with E-state index < -0.39 is 0 Å². The predicted octanol–water partition coefficient (Wildman–Crippen LogP) is 2.97. The molecule has 4 heteroatoms. The average molecular weight is 325 g/mol. The number of halogens is 1. The highest BCUT2D eigenvalue weighted by Gasteiger charge is 2.16. The minimum Gasteiger partial charge on any atom is -0.348 e. The fourth-order valence-corrected chi connectivity index (χ4v) is 2.82. The van der Waals surface area contributed by atoms with Gasteiger partial charge in [0, 0.05) is 22.6 Å². The molecule has 1 saturated heterocycles. The van der Waals surface area contributed by atoms with Crippen molar-refractivity contribution in [2.45, 2.75) is 32.7 Å². The third-order valence-electron chi connectivity index (χ3n) is 3.54. The average Bonchev–Trinajstić information content (AvgIpc) is 2.85.